The van der Waals surface area contributed by atoms with Crippen LogP contribution in [0.2, 0.25) is 0 Å². The number of nitrogens with zero attached hydrogens (tertiary/aromatic N) is 1. The lowest BCUT2D eigenvalue weighted by Gasteiger charge is -2.07. The minimum Gasteiger partial charge on any atom is -0.360 e. The van der Waals surface area contributed by atoms with Crippen molar-refractivity contribution in [2.45, 2.75) is 6.92 Å². The van der Waals surface area contributed by atoms with E-state index in [4.69, 9.17) is 16.9 Å². The Kier molecular flexibility index (Phi) is 6.40. The first-order chi connectivity index (χ1) is 9.08. The van der Waals surface area contributed by atoms with Crippen LogP contribution in [0.5, 0.6) is 0 Å². The molecule has 19 heavy (non-hydrogen) atoms. The Hall–Kier alpha value is -1.51. The molecule has 6 heteroatoms. The molecule has 0 saturated heterocycles. The van der Waals surface area contributed by atoms with Crippen LogP contribution in [0.3, 0.4) is 0 Å². The maximum absolute atomic E-state index is 11.6. The zero-order valence-electron chi connectivity index (χ0n) is 10.3. The van der Waals surface area contributed by atoms with Crippen LogP contribution in [0.15, 0.2) is 34.4 Å². The van der Waals surface area contributed by atoms with Crippen LogP contribution in [0, 0.1) is 18.3 Å². The second-order valence-electron chi connectivity index (χ2n) is 3.72. The van der Waals surface area contributed by atoms with Crippen molar-refractivity contribution in [1.82, 2.24) is 5.32 Å². The van der Waals surface area contributed by atoms with Crippen LogP contribution >= 0.6 is 27.5 Å². The number of halogens is 2. The molecule has 0 bridgehead atoms. The summed E-state index contributed by atoms with van der Waals surface area (Å²) in [5.74, 6) is -0.130. The van der Waals surface area contributed by atoms with Gasteiger partial charge in [0.2, 0.25) is 0 Å². The van der Waals surface area contributed by atoms with Gasteiger partial charge in [-0.15, -0.1) is 11.6 Å². The van der Waals surface area contributed by atoms with E-state index in [2.05, 4.69) is 26.6 Å². The number of benzene rings is 1. The molecule has 1 amide bonds. The van der Waals surface area contributed by atoms with Gasteiger partial charge in [0.25, 0.3) is 5.91 Å². The topological polar surface area (TPSA) is 64.9 Å². The number of aryl methyl sites for hydroxylation is 1. The lowest BCUT2D eigenvalue weighted by atomic mass is 10.2. The largest absolute Gasteiger partial charge is 0.360 e. The molecule has 0 aliphatic heterocycles. The number of carbonyl (C=O) groups excluding carboxylic acids is 1. The smallest absolute Gasteiger partial charge is 0.263 e. The Morgan fingerprint density at radius 2 is 2.32 bits per heavy atom. The maximum Gasteiger partial charge on any atom is 0.263 e. The van der Waals surface area contributed by atoms with E-state index >= 15 is 0 Å². The lowest BCUT2D eigenvalue weighted by Crippen LogP contribution is -2.26. The minimum atomic E-state index is -0.439. The first-order valence-corrected chi connectivity index (χ1v) is 6.88. The van der Waals surface area contributed by atoms with Gasteiger partial charge in [-0.3, -0.25) is 4.79 Å². The second-order valence-corrected chi connectivity index (χ2v) is 5.01. The number of nitrogens with one attached hydrogen (secondary N) is 2. The summed E-state index contributed by atoms with van der Waals surface area (Å²) in [4.78, 5) is 11.6. The summed E-state index contributed by atoms with van der Waals surface area (Å²) in [6.07, 6.45) is 1.39. The number of nitriles is 1. The molecule has 0 spiro atoms. The second kappa shape index (κ2) is 7.82. The van der Waals surface area contributed by atoms with E-state index in [0.717, 1.165) is 15.7 Å². The summed E-state index contributed by atoms with van der Waals surface area (Å²) in [7, 11) is 0. The van der Waals surface area contributed by atoms with Crippen LogP contribution < -0.4 is 10.6 Å². The van der Waals surface area contributed by atoms with Gasteiger partial charge in [0, 0.05) is 28.8 Å². The molecule has 0 aliphatic carbocycles. The van der Waals surface area contributed by atoms with Crippen molar-refractivity contribution in [2.24, 2.45) is 0 Å². The number of carbonyl (C=O) groups is 1. The Balaban J connectivity index is 2.77. The SMILES string of the molecule is Cc1cc(Br)ccc1N/C=C(/C#N)C(=O)NCCCl. The molecule has 1 aromatic carbocycles. The molecule has 0 heterocycles. The molecule has 0 atom stereocenters. The average molecular weight is 343 g/mol. The number of rotatable bonds is 5. The first-order valence-electron chi connectivity index (χ1n) is 5.55. The predicted octanol–water partition coefficient (Wildman–Crippen LogP) is 2.93. The Labute approximate surface area is 125 Å². The molecular formula is C13H13BrClN3O. The molecular weight excluding hydrogens is 330 g/mol. The van der Waals surface area contributed by atoms with E-state index in [1.807, 2.05) is 31.2 Å². The van der Waals surface area contributed by atoms with Gasteiger partial charge in [0.15, 0.2) is 0 Å². The molecule has 100 valence electrons. The fourth-order valence-electron chi connectivity index (χ4n) is 1.34. The van der Waals surface area contributed by atoms with Crippen LogP contribution in [0.4, 0.5) is 5.69 Å². The fraction of sp³-hybridized carbons (Fsp3) is 0.231. The molecule has 1 rings (SSSR count). The van der Waals surface area contributed by atoms with Gasteiger partial charge >= 0.3 is 0 Å². The molecule has 0 saturated carbocycles. The maximum atomic E-state index is 11.6. The number of hydrogen-bond donors (Lipinski definition) is 2. The van der Waals surface area contributed by atoms with Crippen molar-refractivity contribution in [3.63, 3.8) is 0 Å². The highest BCUT2D eigenvalue weighted by molar-refractivity contribution is 9.10. The Bertz CT molecular complexity index is 537. The molecule has 0 radical (unpaired) electrons. The normalized spacial score (nSPS) is 10.7. The predicted molar refractivity (Wildman–Crippen MR) is 79.9 cm³/mol. The summed E-state index contributed by atoms with van der Waals surface area (Å²) >= 11 is 8.83. The zero-order valence-corrected chi connectivity index (χ0v) is 12.7. The molecule has 4 nitrogen and oxygen atoms in total. The third-order valence-corrected chi connectivity index (χ3v) is 2.99. The Morgan fingerprint density at radius 1 is 1.58 bits per heavy atom. The molecule has 0 fully saturated rings. The number of amides is 1. The standard InChI is InChI=1S/C13H13BrClN3O/c1-9-6-11(14)2-3-12(9)18-8-10(7-16)13(19)17-5-4-15/h2-3,6,8,18H,4-5H2,1H3,(H,17,19)/b10-8-. The van der Waals surface area contributed by atoms with Gasteiger partial charge in [0.1, 0.15) is 11.6 Å². The number of alkyl halides is 1. The van der Waals surface area contributed by atoms with Crippen molar-refractivity contribution in [3.05, 3.63) is 40.0 Å². The van der Waals surface area contributed by atoms with Gasteiger partial charge in [-0.1, -0.05) is 15.9 Å². The third-order valence-electron chi connectivity index (χ3n) is 2.31. The van der Waals surface area contributed by atoms with Crippen molar-refractivity contribution in [2.75, 3.05) is 17.7 Å². The zero-order chi connectivity index (χ0) is 14.3. The lowest BCUT2D eigenvalue weighted by molar-refractivity contribution is -0.117. The quantitative estimate of drug-likeness (QED) is 0.491. The molecule has 0 unspecified atom stereocenters. The van der Waals surface area contributed by atoms with Crippen molar-refractivity contribution < 1.29 is 4.79 Å². The Morgan fingerprint density at radius 3 is 2.89 bits per heavy atom. The highest BCUT2D eigenvalue weighted by atomic mass is 79.9. The number of anilines is 1. The van der Waals surface area contributed by atoms with Gasteiger partial charge in [-0.25, -0.2) is 0 Å². The molecule has 1 aromatic rings. The summed E-state index contributed by atoms with van der Waals surface area (Å²) < 4.78 is 0.972. The van der Waals surface area contributed by atoms with Gasteiger partial charge in [-0.05, 0) is 30.7 Å². The first kappa shape index (κ1) is 15.5. The van der Waals surface area contributed by atoms with E-state index in [9.17, 15) is 4.79 Å². The van der Waals surface area contributed by atoms with E-state index in [0.29, 0.717) is 12.4 Å². The van der Waals surface area contributed by atoms with Crippen molar-refractivity contribution in [1.29, 1.82) is 5.26 Å². The highest BCUT2D eigenvalue weighted by Crippen LogP contribution is 2.20. The van der Waals surface area contributed by atoms with Crippen LogP contribution in [-0.2, 0) is 4.79 Å². The van der Waals surface area contributed by atoms with Gasteiger partial charge < -0.3 is 10.6 Å². The highest BCUT2D eigenvalue weighted by Gasteiger charge is 2.07. The van der Waals surface area contributed by atoms with Crippen LogP contribution in [0.1, 0.15) is 5.56 Å². The fourth-order valence-corrected chi connectivity index (χ4v) is 1.91. The summed E-state index contributed by atoms with van der Waals surface area (Å²) in [6.45, 7) is 2.26. The van der Waals surface area contributed by atoms with E-state index in [1.54, 1.807) is 0 Å². The number of hydrogen-bond acceptors (Lipinski definition) is 3. The monoisotopic (exact) mass is 341 g/mol. The van der Waals surface area contributed by atoms with E-state index in [1.165, 1.54) is 6.20 Å². The molecule has 2 N–H and O–H groups in total. The van der Waals surface area contributed by atoms with Gasteiger partial charge in [0.05, 0.1) is 0 Å². The molecule has 0 aromatic heterocycles. The summed E-state index contributed by atoms with van der Waals surface area (Å²) in [5.41, 5.74) is 1.85. The average Bonchev–Trinajstić information content (AvgIpc) is 2.39. The summed E-state index contributed by atoms with van der Waals surface area (Å²) in [6, 6.07) is 7.53. The van der Waals surface area contributed by atoms with Crippen LogP contribution in [0.25, 0.3) is 0 Å². The van der Waals surface area contributed by atoms with Gasteiger partial charge in [-0.2, -0.15) is 5.26 Å². The summed E-state index contributed by atoms with van der Waals surface area (Å²) in [5, 5.41) is 14.4. The van der Waals surface area contributed by atoms with E-state index in [-0.39, 0.29) is 5.57 Å². The van der Waals surface area contributed by atoms with Crippen molar-refractivity contribution >= 4 is 39.1 Å². The minimum absolute atomic E-state index is 0.00688. The van der Waals surface area contributed by atoms with Crippen LogP contribution in [-0.4, -0.2) is 18.3 Å². The third kappa shape index (κ3) is 4.93. The molecule has 0 aliphatic rings. The van der Waals surface area contributed by atoms with E-state index < -0.39 is 5.91 Å². The van der Waals surface area contributed by atoms with Crippen molar-refractivity contribution in [3.8, 4) is 6.07 Å².